The van der Waals surface area contributed by atoms with Crippen LogP contribution < -0.4 is 10.6 Å². The van der Waals surface area contributed by atoms with E-state index in [1.165, 1.54) is 24.3 Å². The molecule has 2 rings (SSSR count). The van der Waals surface area contributed by atoms with Crippen LogP contribution in [0.4, 0.5) is 21.5 Å². The van der Waals surface area contributed by atoms with Crippen LogP contribution in [-0.4, -0.2) is 17.4 Å². The summed E-state index contributed by atoms with van der Waals surface area (Å²) in [7, 11) is 0. The Morgan fingerprint density at radius 3 is 2.70 bits per heavy atom. The molecule has 0 unspecified atom stereocenters. The van der Waals surface area contributed by atoms with Crippen molar-refractivity contribution in [3.8, 4) is 0 Å². The normalized spacial score (nSPS) is 10.1. The van der Waals surface area contributed by atoms with Crippen molar-refractivity contribution in [2.75, 3.05) is 17.2 Å². The van der Waals surface area contributed by atoms with Gasteiger partial charge in [0.25, 0.3) is 5.69 Å². The van der Waals surface area contributed by atoms with Gasteiger partial charge in [0.1, 0.15) is 11.5 Å². The zero-order valence-electron chi connectivity index (χ0n) is 12.3. The number of nitro groups is 1. The zero-order chi connectivity index (χ0) is 16.7. The third-order valence-electron chi connectivity index (χ3n) is 3.11. The van der Waals surface area contributed by atoms with Crippen molar-refractivity contribution in [1.29, 1.82) is 0 Å². The number of hydrogen-bond acceptors (Lipinski definition) is 4. The first kappa shape index (κ1) is 16.4. The maximum atomic E-state index is 13.0. The van der Waals surface area contributed by atoms with Gasteiger partial charge in [-0.1, -0.05) is 18.2 Å². The van der Waals surface area contributed by atoms with Crippen LogP contribution in [0.15, 0.2) is 48.5 Å². The molecule has 0 saturated carbocycles. The molecule has 1 amide bonds. The summed E-state index contributed by atoms with van der Waals surface area (Å²) >= 11 is 0. The summed E-state index contributed by atoms with van der Waals surface area (Å²) in [6.07, 6.45) is 0.720. The van der Waals surface area contributed by atoms with Gasteiger partial charge >= 0.3 is 0 Å². The molecule has 2 aromatic carbocycles. The van der Waals surface area contributed by atoms with Gasteiger partial charge in [-0.3, -0.25) is 14.9 Å². The zero-order valence-corrected chi connectivity index (χ0v) is 12.3. The molecule has 7 heteroatoms. The van der Waals surface area contributed by atoms with Crippen LogP contribution in [0.5, 0.6) is 0 Å². The van der Waals surface area contributed by atoms with Crippen LogP contribution in [-0.2, 0) is 4.79 Å². The lowest BCUT2D eigenvalue weighted by molar-refractivity contribution is -0.384. The van der Waals surface area contributed by atoms with Gasteiger partial charge in [0, 0.05) is 24.7 Å². The summed E-state index contributed by atoms with van der Waals surface area (Å²) in [5.41, 5.74) is 0.821. The number of nitrogens with zero attached hydrogens (tertiary/aromatic N) is 1. The number of benzene rings is 2. The molecule has 0 radical (unpaired) electrons. The lowest BCUT2D eigenvalue weighted by Crippen LogP contribution is -2.13. The Kier molecular flexibility index (Phi) is 5.62. The third-order valence-corrected chi connectivity index (χ3v) is 3.11. The summed E-state index contributed by atoms with van der Waals surface area (Å²) in [4.78, 5) is 22.1. The van der Waals surface area contributed by atoms with Gasteiger partial charge in [-0.05, 0) is 30.7 Å². The van der Waals surface area contributed by atoms with Crippen molar-refractivity contribution >= 4 is 23.0 Å². The third kappa shape index (κ3) is 5.06. The maximum absolute atomic E-state index is 13.0. The second kappa shape index (κ2) is 7.88. The minimum Gasteiger partial charge on any atom is -0.379 e. The van der Waals surface area contributed by atoms with Crippen molar-refractivity contribution in [3.63, 3.8) is 0 Å². The number of nitrogens with one attached hydrogen (secondary N) is 2. The minimum atomic E-state index is -0.459. The van der Waals surface area contributed by atoms with E-state index in [1.54, 1.807) is 24.3 Å². The molecule has 120 valence electrons. The average molecular weight is 317 g/mol. The molecule has 2 aromatic rings. The van der Waals surface area contributed by atoms with Crippen LogP contribution in [0.3, 0.4) is 0 Å². The predicted molar refractivity (Wildman–Crippen MR) is 85.8 cm³/mol. The van der Waals surface area contributed by atoms with Gasteiger partial charge in [-0.2, -0.15) is 0 Å². The van der Waals surface area contributed by atoms with E-state index in [9.17, 15) is 19.3 Å². The monoisotopic (exact) mass is 317 g/mol. The number of rotatable bonds is 7. The fraction of sp³-hybridized carbons (Fsp3) is 0.188. The molecule has 23 heavy (non-hydrogen) atoms. The quantitative estimate of drug-likeness (QED) is 0.464. The highest BCUT2D eigenvalue weighted by molar-refractivity contribution is 5.90. The van der Waals surface area contributed by atoms with Crippen LogP contribution in [0.2, 0.25) is 0 Å². The van der Waals surface area contributed by atoms with Gasteiger partial charge in [0.05, 0.1) is 4.92 Å². The van der Waals surface area contributed by atoms with Crippen molar-refractivity contribution in [3.05, 3.63) is 64.5 Å². The number of carbonyl (C=O) groups excluding carboxylic acids is 1. The molecule has 0 atom stereocenters. The number of hydrogen-bond donors (Lipinski definition) is 2. The molecule has 0 aromatic heterocycles. The molecule has 2 N–H and O–H groups in total. The first-order valence-electron chi connectivity index (χ1n) is 7.09. The Bertz CT molecular complexity index is 706. The molecule has 0 aliphatic rings. The summed E-state index contributed by atoms with van der Waals surface area (Å²) in [6, 6.07) is 12.0. The van der Waals surface area contributed by atoms with Gasteiger partial charge < -0.3 is 10.6 Å². The Hall–Kier alpha value is -2.96. The molecule has 0 fully saturated rings. The number of para-hydroxylation sites is 2. The van der Waals surface area contributed by atoms with E-state index in [2.05, 4.69) is 10.6 Å². The van der Waals surface area contributed by atoms with Gasteiger partial charge in [-0.25, -0.2) is 4.39 Å². The number of halogens is 1. The number of amides is 1. The molecule has 0 saturated heterocycles. The van der Waals surface area contributed by atoms with Crippen molar-refractivity contribution in [2.24, 2.45) is 0 Å². The first-order valence-corrected chi connectivity index (χ1v) is 7.09. The largest absolute Gasteiger partial charge is 0.379 e. The van der Waals surface area contributed by atoms with E-state index in [0.717, 1.165) is 0 Å². The topological polar surface area (TPSA) is 84.3 Å². The second-order valence-electron chi connectivity index (χ2n) is 4.86. The van der Waals surface area contributed by atoms with Gasteiger partial charge in [-0.15, -0.1) is 0 Å². The molecule has 6 nitrogen and oxygen atoms in total. The van der Waals surface area contributed by atoms with E-state index < -0.39 is 10.7 Å². The molecule has 0 aliphatic carbocycles. The van der Waals surface area contributed by atoms with E-state index in [0.29, 0.717) is 24.3 Å². The Morgan fingerprint density at radius 2 is 1.96 bits per heavy atom. The van der Waals surface area contributed by atoms with Crippen LogP contribution in [0, 0.1) is 15.9 Å². The average Bonchev–Trinajstić information content (AvgIpc) is 2.52. The van der Waals surface area contributed by atoms with E-state index in [1.807, 2.05) is 0 Å². The first-order chi connectivity index (χ1) is 11.1. The molecule has 0 bridgehead atoms. The van der Waals surface area contributed by atoms with Gasteiger partial charge in [0.15, 0.2) is 0 Å². The summed E-state index contributed by atoms with van der Waals surface area (Å²) < 4.78 is 13.0. The molecular weight excluding hydrogens is 301 g/mol. The summed E-state index contributed by atoms with van der Waals surface area (Å²) in [6.45, 7) is 0.418. The Balaban J connectivity index is 1.77. The highest BCUT2D eigenvalue weighted by Gasteiger charge is 2.11. The fourth-order valence-corrected chi connectivity index (χ4v) is 2.04. The SMILES string of the molecule is O=C(CCCNc1ccccc1[N+](=O)[O-])Nc1cccc(F)c1. The van der Waals surface area contributed by atoms with Crippen LogP contribution in [0.1, 0.15) is 12.8 Å². The number of nitro benzene ring substituents is 1. The molecule has 0 aliphatic heterocycles. The highest BCUT2D eigenvalue weighted by atomic mass is 19.1. The van der Waals surface area contributed by atoms with E-state index in [-0.39, 0.29) is 18.0 Å². The van der Waals surface area contributed by atoms with Crippen molar-refractivity contribution in [2.45, 2.75) is 12.8 Å². The second-order valence-corrected chi connectivity index (χ2v) is 4.86. The minimum absolute atomic E-state index is 0.00304. The lowest BCUT2D eigenvalue weighted by Gasteiger charge is -2.07. The smallest absolute Gasteiger partial charge is 0.292 e. The fourth-order valence-electron chi connectivity index (χ4n) is 2.04. The lowest BCUT2D eigenvalue weighted by atomic mass is 10.2. The standard InChI is InChI=1S/C16H16FN3O3/c17-12-5-3-6-13(11-12)19-16(21)9-4-10-18-14-7-1-2-8-15(14)20(22)23/h1-3,5-8,11,18H,4,9-10H2,(H,19,21). The van der Waals surface area contributed by atoms with Crippen molar-refractivity contribution < 1.29 is 14.1 Å². The summed E-state index contributed by atoms with van der Waals surface area (Å²) in [5, 5.41) is 16.4. The Morgan fingerprint density at radius 1 is 1.17 bits per heavy atom. The highest BCUT2D eigenvalue weighted by Crippen LogP contribution is 2.23. The van der Waals surface area contributed by atoms with E-state index >= 15 is 0 Å². The van der Waals surface area contributed by atoms with Crippen LogP contribution in [0.25, 0.3) is 0 Å². The number of carbonyl (C=O) groups is 1. The predicted octanol–water partition coefficient (Wildman–Crippen LogP) is 3.56. The molecule has 0 heterocycles. The van der Waals surface area contributed by atoms with Gasteiger partial charge in [0.2, 0.25) is 5.91 Å². The summed E-state index contributed by atoms with van der Waals surface area (Å²) in [5.74, 6) is -0.652. The molecular formula is C16H16FN3O3. The van der Waals surface area contributed by atoms with Crippen molar-refractivity contribution in [1.82, 2.24) is 0 Å². The number of anilines is 2. The maximum Gasteiger partial charge on any atom is 0.292 e. The molecule has 0 spiro atoms. The Labute approximate surface area is 132 Å². The van der Waals surface area contributed by atoms with Crippen LogP contribution >= 0.6 is 0 Å². The van der Waals surface area contributed by atoms with E-state index in [4.69, 9.17) is 0 Å².